The zero-order chi connectivity index (χ0) is 25.8. The second-order valence-electron chi connectivity index (χ2n) is 10.1. The molecule has 0 amide bonds. The molecule has 1 aliphatic heterocycles. The third kappa shape index (κ3) is 5.50. The summed E-state index contributed by atoms with van der Waals surface area (Å²) in [4.78, 5) is 11.7. The summed E-state index contributed by atoms with van der Waals surface area (Å²) < 4.78 is 8.10. The van der Waals surface area contributed by atoms with Gasteiger partial charge in [0.15, 0.2) is 5.82 Å². The summed E-state index contributed by atoms with van der Waals surface area (Å²) in [6, 6.07) is 15.4. The fourth-order valence-corrected chi connectivity index (χ4v) is 5.45. The first-order chi connectivity index (χ1) is 18.1. The number of methoxy groups -OCH3 is 1. The number of aromatic nitrogens is 3. The van der Waals surface area contributed by atoms with E-state index in [9.17, 15) is 0 Å². The number of nitrogen functional groups attached to an aromatic ring is 1. The summed E-state index contributed by atoms with van der Waals surface area (Å²) in [7, 11) is 3.94. The van der Waals surface area contributed by atoms with Crippen LogP contribution in [0.15, 0.2) is 42.5 Å². The zero-order valence-corrected chi connectivity index (χ0v) is 22.3. The van der Waals surface area contributed by atoms with Crippen LogP contribution < -0.4 is 21.1 Å². The van der Waals surface area contributed by atoms with Crippen LogP contribution in [0.2, 0.25) is 0 Å². The minimum absolute atomic E-state index is 0.286. The number of likely N-dealkylation sites (N-methyl/N-ethyl adjacent to an activating group) is 1. The standard InChI is InChI=1S/C29H39N7O/c1-4-5-14-31-28-27-26(33-29(30)34-28)23-10-6-7-11-24(23)36(27)18-21-16-20(12-13-25(21)37-3)17-32-22-9-8-15-35(2)19-22/h6-7,10-13,16,22,32H,4-5,8-9,14-15,17-19H2,1-3H3,(H3,30,31,33,34). The molecule has 1 aliphatic rings. The lowest BCUT2D eigenvalue weighted by molar-refractivity contribution is 0.226. The molecule has 8 nitrogen and oxygen atoms in total. The van der Waals surface area contributed by atoms with Crippen molar-refractivity contribution < 1.29 is 4.74 Å². The van der Waals surface area contributed by atoms with E-state index in [0.29, 0.717) is 12.6 Å². The quantitative estimate of drug-likeness (QED) is 0.273. The van der Waals surface area contributed by atoms with E-state index >= 15 is 0 Å². The molecule has 4 N–H and O–H groups in total. The van der Waals surface area contributed by atoms with Gasteiger partial charge in [-0.15, -0.1) is 0 Å². The number of para-hydroxylation sites is 1. The lowest BCUT2D eigenvalue weighted by atomic mass is 10.0. The molecule has 0 aliphatic carbocycles. The minimum Gasteiger partial charge on any atom is -0.496 e. The molecule has 0 saturated carbocycles. The highest BCUT2D eigenvalue weighted by molar-refractivity contribution is 6.09. The van der Waals surface area contributed by atoms with Crippen LogP contribution in [0.1, 0.15) is 43.7 Å². The number of likely N-dealkylation sites (tertiary alicyclic amines) is 1. The maximum Gasteiger partial charge on any atom is 0.222 e. The van der Waals surface area contributed by atoms with Gasteiger partial charge in [0.2, 0.25) is 5.95 Å². The van der Waals surface area contributed by atoms with Crippen LogP contribution in [0.3, 0.4) is 0 Å². The normalized spacial score (nSPS) is 16.5. The molecule has 0 spiro atoms. The Labute approximate surface area is 219 Å². The SMILES string of the molecule is CCCCNc1nc(N)nc2c3ccccc3n(Cc3cc(CNC4CCCN(C)C4)ccc3OC)c12. The van der Waals surface area contributed by atoms with E-state index in [-0.39, 0.29) is 5.95 Å². The van der Waals surface area contributed by atoms with Crippen molar-refractivity contribution in [3.63, 3.8) is 0 Å². The number of benzene rings is 2. The highest BCUT2D eigenvalue weighted by atomic mass is 16.5. The van der Waals surface area contributed by atoms with Crippen LogP contribution in [0.25, 0.3) is 21.9 Å². The van der Waals surface area contributed by atoms with Gasteiger partial charge in [-0.05, 0) is 56.6 Å². The fraction of sp³-hybridized carbons (Fsp3) is 0.448. The molecule has 0 radical (unpaired) electrons. The summed E-state index contributed by atoms with van der Waals surface area (Å²) >= 11 is 0. The van der Waals surface area contributed by atoms with Gasteiger partial charge >= 0.3 is 0 Å². The van der Waals surface area contributed by atoms with Crippen molar-refractivity contribution in [2.75, 3.05) is 44.8 Å². The topological polar surface area (TPSA) is 93.3 Å². The van der Waals surface area contributed by atoms with Gasteiger partial charge in [0, 0.05) is 36.6 Å². The third-order valence-corrected chi connectivity index (χ3v) is 7.34. The van der Waals surface area contributed by atoms with Crippen molar-refractivity contribution in [1.82, 2.24) is 24.8 Å². The van der Waals surface area contributed by atoms with Gasteiger partial charge < -0.3 is 30.6 Å². The summed E-state index contributed by atoms with van der Waals surface area (Å²) in [6.45, 7) is 6.79. The first-order valence-corrected chi connectivity index (χ1v) is 13.4. The van der Waals surface area contributed by atoms with E-state index in [0.717, 1.165) is 71.5 Å². The molecule has 2 aromatic heterocycles. The first-order valence-electron chi connectivity index (χ1n) is 13.4. The van der Waals surface area contributed by atoms with E-state index in [1.54, 1.807) is 7.11 Å². The van der Waals surface area contributed by atoms with Crippen molar-refractivity contribution in [3.8, 4) is 5.75 Å². The molecule has 1 fully saturated rings. The Morgan fingerprint density at radius 2 is 2.03 bits per heavy atom. The van der Waals surface area contributed by atoms with Crippen molar-refractivity contribution in [1.29, 1.82) is 0 Å². The van der Waals surface area contributed by atoms with Crippen LogP contribution >= 0.6 is 0 Å². The van der Waals surface area contributed by atoms with Crippen molar-refractivity contribution in [2.45, 2.75) is 51.7 Å². The summed E-state index contributed by atoms with van der Waals surface area (Å²) in [5, 5.41) is 8.35. The molecule has 2 aromatic carbocycles. The highest BCUT2D eigenvalue weighted by Crippen LogP contribution is 2.34. The van der Waals surface area contributed by atoms with E-state index in [2.05, 4.69) is 80.4 Å². The average Bonchev–Trinajstić information content (AvgIpc) is 3.21. The van der Waals surface area contributed by atoms with Crippen LogP contribution in [-0.4, -0.2) is 59.3 Å². The van der Waals surface area contributed by atoms with Gasteiger partial charge in [-0.3, -0.25) is 0 Å². The molecule has 196 valence electrons. The zero-order valence-electron chi connectivity index (χ0n) is 22.3. The molecule has 5 rings (SSSR count). The largest absolute Gasteiger partial charge is 0.496 e. The molecule has 1 saturated heterocycles. The van der Waals surface area contributed by atoms with E-state index < -0.39 is 0 Å². The number of piperidine rings is 1. The summed E-state index contributed by atoms with van der Waals surface area (Å²) in [6.07, 6.45) is 4.64. The Morgan fingerprint density at radius 3 is 2.84 bits per heavy atom. The number of nitrogens with one attached hydrogen (secondary N) is 2. The number of anilines is 2. The highest BCUT2D eigenvalue weighted by Gasteiger charge is 2.20. The van der Waals surface area contributed by atoms with Gasteiger partial charge in [-0.2, -0.15) is 4.98 Å². The summed E-state index contributed by atoms with van der Waals surface area (Å²) in [5.74, 6) is 1.95. The molecule has 37 heavy (non-hydrogen) atoms. The third-order valence-electron chi connectivity index (χ3n) is 7.34. The Balaban J connectivity index is 1.51. The molecule has 4 aromatic rings. The monoisotopic (exact) mass is 501 g/mol. The van der Waals surface area contributed by atoms with Crippen LogP contribution in [-0.2, 0) is 13.1 Å². The molecule has 1 unspecified atom stereocenters. The van der Waals surface area contributed by atoms with Gasteiger partial charge in [0.1, 0.15) is 16.8 Å². The predicted octanol–water partition coefficient (Wildman–Crippen LogP) is 4.62. The van der Waals surface area contributed by atoms with Gasteiger partial charge in [0.05, 0.1) is 19.2 Å². The number of unbranched alkanes of at least 4 members (excludes halogenated alkanes) is 1. The molecular weight excluding hydrogens is 462 g/mol. The van der Waals surface area contributed by atoms with E-state index in [1.165, 1.54) is 24.9 Å². The molecule has 3 heterocycles. The van der Waals surface area contributed by atoms with Gasteiger partial charge in [0.25, 0.3) is 0 Å². The Bertz CT molecular complexity index is 1370. The number of ether oxygens (including phenoxy) is 1. The number of nitrogens with zero attached hydrogens (tertiary/aromatic N) is 4. The van der Waals surface area contributed by atoms with Crippen molar-refractivity contribution >= 4 is 33.7 Å². The molecule has 8 heteroatoms. The second-order valence-corrected chi connectivity index (χ2v) is 10.1. The fourth-order valence-electron chi connectivity index (χ4n) is 5.45. The number of hydrogen-bond acceptors (Lipinski definition) is 7. The van der Waals surface area contributed by atoms with Crippen LogP contribution in [0.4, 0.5) is 11.8 Å². The number of nitrogens with two attached hydrogens (primary N) is 1. The average molecular weight is 502 g/mol. The summed E-state index contributed by atoms with van der Waals surface area (Å²) in [5.41, 5.74) is 11.5. The van der Waals surface area contributed by atoms with Crippen LogP contribution in [0, 0.1) is 0 Å². The lowest BCUT2D eigenvalue weighted by Gasteiger charge is -2.30. The van der Waals surface area contributed by atoms with Gasteiger partial charge in [-0.1, -0.05) is 37.6 Å². The van der Waals surface area contributed by atoms with Crippen molar-refractivity contribution in [2.24, 2.45) is 0 Å². The molecular formula is C29H39N7O. The Hall–Kier alpha value is -3.36. The smallest absolute Gasteiger partial charge is 0.222 e. The van der Waals surface area contributed by atoms with E-state index in [1.807, 2.05) is 6.07 Å². The second kappa shape index (κ2) is 11.4. The van der Waals surface area contributed by atoms with Crippen LogP contribution in [0.5, 0.6) is 5.75 Å². The van der Waals surface area contributed by atoms with Crippen molar-refractivity contribution in [3.05, 3.63) is 53.6 Å². The molecule has 0 bridgehead atoms. The lowest BCUT2D eigenvalue weighted by Crippen LogP contribution is -2.43. The minimum atomic E-state index is 0.286. The maximum absolute atomic E-state index is 6.15. The Morgan fingerprint density at radius 1 is 1.16 bits per heavy atom. The van der Waals surface area contributed by atoms with E-state index in [4.69, 9.17) is 10.5 Å². The predicted molar refractivity (Wildman–Crippen MR) is 152 cm³/mol. The molecule has 1 atom stereocenters. The number of rotatable bonds is 10. The first kappa shape index (κ1) is 25.3. The maximum atomic E-state index is 6.15. The number of hydrogen-bond donors (Lipinski definition) is 3. The Kier molecular flexibility index (Phi) is 7.76. The van der Waals surface area contributed by atoms with Gasteiger partial charge in [-0.25, -0.2) is 4.98 Å². The number of fused-ring (bicyclic) bond motifs is 3.